The number of furan rings is 1. The van der Waals surface area contributed by atoms with Crippen molar-refractivity contribution in [3.8, 4) is 0 Å². The van der Waals surface area contributed by atoms with Gasteiger partial charge < -0.3 is 20.8 Å². The van der Waals surface area contributed by atoms with Crippen LogP contribution in [0.2, 0.25) is 0 Å². The number of carbonyl (C=O) groups is 2. The topological polar surface area (TPSA) is 103 Å². The summed E-state index contributed by atoms with van der Waals surface area (Å²) in [7, 11) is 0. The Kier molecular flexibility index (Phi) is 4.34. The first kappa shape index (κ1) is 15.6. The van der Waals surface area contributed by atoms with E-state index in [1.54, 1.807) is 6.07 Å². The average Bonchev–Trinajstić information content (AvgIpc) is 3.10. The van der Waals surface area contributed by atoms with Gasteiger partial charge in [-0.2, -0.15) is 0 Å². The highest BCUT2D eigenvalue weighted by Crippen LogP contribution is 2.37. The van der Waals surface area contributed by atoms with Crippen LogP contribution in [0.3, 0.4) is 0 Å². The first-order valence-electron chi connectivity index (χ1n) is 7.81. The van der Waals surface area contributed by atoms with Gasteiger partial charge in [-0.25, -0.2) is 0 Å². The van der Waals surface area contributed by atoms with Gasteiger partial charge in [0.05, 0.1) is 0 Å². The molecular weight excluding hydrogens is 294 g/mol. The zero-order chi connectivity index (χ0) is 16.4. The molecule has 122 valence electrons. The van der Waals surface area contributed by atoms with E-state index in [2.05, 4.69) is 22.8 Å². The summed E-state index contributed by atoms with van der Waals surface area (Å²) in [5.41, 5.74) is 11.5. The molecule has 1 aromatic heterocycles. The van der Waals surface area contributed by atoms with Crippen molar-refractivity contribution in [1.29, 1.82) is 0 Å². The van der Waals surface area contributed by atoms with Crippen molar-refractivity contribution in [2.75, 3.05) is 19.6 Å². The molecule has 2 aliphatic heterocycles. The van der Waals surface area contributed by atoms with Gasteiger partial charge in [-0.1, -0.05) is 12.1 Å². The molecule has 0 aliphatic carbocycles. The van der Waals surface area contributed by atoms with Crippen molar-refractivity contribution in [2.24, 2.45) is 17.4 Å². The van der Waals surface area contributed by atoms with Gasteiger partial charge in [0.2, 0.25) is 6.41 Å². The molecule has 1 unspecified atom stereocenters. The third-order valence-electron chi connectivity index (χ3n) is 4.72. The number of benzene rings is 1. The Labute approximate surface area is 134 Å². The molecule has 0 spiro atoms. The summed E-state index contributed by atoms with van der Waals surface area (Å²) in [5.74, 6) is 1.17. The minimum atomic E-state index is -0.510. The second kappa shape index (κ2) is 6.42. The quantitative estimate of drug-likeness (QED) is 0.818. The first-order chi connectivity index (χ1) is 11.1. The molecule has 4 rings (SSSR count). The maximum absolute atomic E-state index is 11.2. The minimum absolute atomic E-state index is 0.240. The fraction of sp³-hybridized carbons (Fsp3) is 0.412. The molecule has 2 fully saturated rings. The molecule has 3 heterocycles. The number of amides is 2. The fourth-order valence-electron chi connectivity index (χ4n) is 3.72. The summed E-state index contributed by atoms with van der Waals surface area (Å²) >= 11 is 0. The van der Waals surface area contributed by atoms with Gasteiger partial charge in [-0.3, -0.25) is 9.59 Å². The lowest BCUT2D eigenvalue weighted by atomic mass is 9.86. The van der Waals surface area contributed by atoms with Crippen LogP contribution in [0.1, 0.15) is 34.9 Å². The average molecular weight is 315 g/mol. The summed E-state index contributed by atoms with van der Waals surface area (Å²) in [6.07, 6.45) is 2.86. The fourth-order valence-corrected chi connectivity index (χ4v) is 3.72. The molecule has 2 bridgehead atoms. The third kappa shape index (κ3) is 3.22. The van der Waals surface area contributed by atoms with Crippen molar-refractivity contribution in [3.63, 3.8) is 0 Å². The maximum Gasteiger partial charge on any atom is 0.284 e. The number of nitrogens with two attached hydrogens (primary N) is 2. The summed E-state index contributed by atoms with van der Waals surface area (Å²) in [5, 5.41) is 0.946. The van der Waals surface area contributed by atoms with Gasteiger partial charge in [-0.15, -0.1) is 0 Å². The lowest BCUT2D eigenvalue weighted by Gasteiger charge is -2.30. The molecule has 2 amide bonds. The summed E-state index contributed by atoms with van der Waals surface area (Å²) in [6, 6.07) is 8.00. The van der Waals surface area contributed by atoms with Crippen LogP contribution < -0.4 is 11.5 Å². The van der Waals surface area contributed by atoms with Crippen LogP contribution >= 0.6 is 0 Å². The van der Waals surface area contributed by atoms with Crippen molar-refractivity contribution >= 4 is 23.3 Å². The standard InChI is InChI=1S/C16H18N2O2.CH3NO/c17-16(19)15-7-12-2-1-11(6-14(12)20-15)13-5-10-3-4-18(8-10)9-13;2-1-3/h1-2,6-7,10,13H,3-5,8-9H2,(H2,17,19);1H,(H2,2,3)/t10-,13-;/m0./s1. The number of hydrogen-bond acceptors (Lipinski definition) is 4. The van der Waals surface area contributed by atoms with Crippen LogP contribution in [-0.4, -0.2) is 36.9 Å². The second-order valence-electron chi connectivity index (χ2n) is 6.26. The maximum atomic E-state index is 11.2. The molecule has 2 aliphatic rings. The zero-order valence-corrected chi connectivity index (χ0v) is 12.9. The van der Waals surface area contributed by atoms with Gasteiger partial charge in [0, 0.05) is 18.5 Å². The molecule has 6 nitrogen and oxygen atoms in total. The van der Waals surface area contributed by atoms with E-state index in [4.69, 9.17) is 14.9 Å². The summed E-state index contributed by atoms with van der Waals surface area (Å²) in [4.78, 5) is 22.3. The highest BCUT2D eigenvalue weighted by Gasteiger charge is 2.33. The number of piperidine rings is 1. The van der Waals surface area contributed by atoms with Crippen LogP contribution in [0.25, 0.3) is 11.0 Å². The van der Waals surface area contributed by atoms with Gasteiger partial charge in [-0.05, 0) is 48.9 Å². The van der Waals surface area contributed by atoms with Crippen LogP contribution in [0.4, 0.5) is 0 Å². The normalized spacial score (nSPS) is 25.7. The van der Waals surface area contributed by atoms with Crippen molar-refractivity contribution in [2.45, 2.75) is 18.8 Å². The molecule has 6 heteroatoms. The molecule has 0 saturated carbocycles. The number of hydrogen-bond donors (Lipinski definition) is 2. The van der Waals surface area contributed by atoms with E-state index in [-0.39, 0.29) is 12.2 Å². The first-order valence-corrected chi connectivity index (χ1v) is 7.81. The van der Waals surface area contributed by atoms with Crippen LogP contribution in [0.15, 0.2) is 28.7 Å². The predicted octanol–water partition coefficient (Wildman–Crippen LogP) is 1.44. The van der Waals surface area contributed by atoms with E-state index in [0.29, 0.717) is 5.92 Å². The summed E-state index contributed by atoms with van der Waals surface area (Å²) < 4.78 is 5.54. The highest BCUT2D eigenvalue weighted by molar-refractivity contribution is 5.95. The van der Waals surface area contributed by atoms with E-state index in [1.807, 2.05) is 6.07 Å². The largest absolute Gasteiger partial charge is 0.451 e. The second-order valence-corrected chi connectivity index (χ2v) is 6.26. The van der Waals surface area contributed by atoms with Crippen LogP contribution in [0, 0.1) is 5.92 Å². The number of fused-ring (bicyclic) bond motifs is 3. The Morgan fingerprint density at radius 2 is 2.09 bits per heavy atom. The Bertz CT molecular complexity index is 713. The van der Waals surface area contributed by atoms with Crippen LogP contribution in [-0.2, 0) is 4.79 Å². The molecule has 1 aromatic carbocycles. The molecule has 23 heavy (non-hydrogen) atoms. The van der Waals surface area contributed by atoms with E-state index in [0.717, 1.165) is 23.4 Å². The zero-order valence-electron chi connectivity index (χ0n) is 12.9. The lowest BCUT2D eigenvalue weighted by Crippen LogP contribution is -2.31. The van der Waals surface area contributed by atoms with Gasteiger partial charge in [0.25, 0.3) is 5.91 Å². The van der Waals surface area contributed by atoms with E-state index >= 15 is 0 Å². The van der Waals surface area contributed by atoms with Crippen molar-refractivity contribution in [1.82, 2.24) is 4.90 Å². The van der Waals surface area contributed by atoms with Crippen molar-refractivity contribution in [3.05, 3.63) is 35.6 Å². The van der Waals surface area contributed by atoms with Gasteiger partial charge in [0.1, 0.15) is 5.58 Å². The number of carbonyl (C=O) groups excluding carboxylic acids is 2. The smallest absolute Gasteiger partial charge is 0.284 e. The van der Waals surface area contributed by atoms with Gasteiger partial charge in [0.15, 0.2) is 5.76 Å². The van der Waals surface area contributed by atoms with Gasteiger partial charge >= 0.3 is 0 Å². The Balaban J connectivity index is 0.000000485. The third-order valence-corrected chi connectivity index (χ3v) is 4.72. The number of rotatable bonds is 2. The monoisotopic (exact) mass is 315 g/mol. The van der Waals surface area contributed by atoms with E-state index in [1.165, 1.54) is 31.5 Å². The molecule has 2 aromatic rings. The highest BCUT2D eigenvalue weighted by atomic mass is 16.3. The lowest BCUT2D eigenvalue weighted by molar-refractivity contribution is -0.106. The summed E-state index contributed by atoms with van der Waals surface area (Å²) in [6.45, 7) is 3.66. The van der Waals surface area contributed by atoms with Crippen molar-refractivity contribution < 1.29 is 14.0 Å². The SMILES string of the molecule is NC(=O)c1cc2ccc([C@H]3C[C@@H]4CCN(C4)C3)cc2o1.NC=O. The van der Waals surface area contributed by atoms with E-state index in [9.17, 15) is 4.79 Å². The number of nitrogens with zero attached hydrogens (tertiary/aromatic N) is 1. The molecule has 0 radical (unpaired) electrons. The molecule has 3 atom stereocenters. The van der Waals surface area contributed by atoms with E-state index < -0.39 is 5.91 Å². The predicted molar refractivity (Wildman–Crippen MR) is 86.9 cm³/mol. The molecular formula is C17H21N3O3. The Hall–Kier alpha value is -2.34. The minimum Gasteiger partial charge on any atom is -0.451 e. The van der Waals surface area contributed by atoms with Crippen LogP contribution in [0.5, 0.6) is 0 Å². The molecule has 2 saturated heterocycles. The molecule has 4 N–H and O–H groups in total. The Morgan fingerprint density at radius 1 is 1.30 bits per heavy atom. The Morgan fingerprint density at radius 3 is 2.78 bits per heavy atom. The number of primary amides is 2.